The molecule has 224 valence electrons. The van der Waals surface area contributed by atoms with E-state index in [1.165, 1.54) is 18.2 Å². The van der Waals surface area contributed by atoms with Gasteiger partial charge in [0.15, 0.2) is 0 Å². The molecule has 3 rings (SSSR count). The molecule has 0 amide bonds. The summed E-state index contributed by atoms with van der Waals surface area (Å²) in [5, 5.41) is 0. The standard InChI is InChI=1S/C34H42N2O2S4/c1-4-6-19-35(23-31(39)40)21-25-11-15-27(16-12-25)29-9-8-10-30(33(29)34(37)38-3)28-17-13-26(14-18-28)22-36(20-7-5-2)24-32(41)42/h8-18H,4-7,19-24H2,1-3H3,(H,39,40)(H,41,42). The van der Waals surface area contributed by atoms with Crippen molar-refractivity contribution in [3.05, 3.63) is 83.4 Å². The molecule has 0 saturated heterocycles. The van der Waals surface area contributed by atoms with Gasteiger partial charge in [-0.3, -0.25) is 9.80 Å². The number of thiol groups is 2. The van der Waals surface area contributed by atoms with Crippen LogP contribution in [-0.2, 0) is 17.8 Å². The van der Waals surface area contributed by atoms with Gasteiger partial charge in [-0.1, -0.05) is 118 Å². The average molecular weight is 639 g/mol. The summed E-state index contributed by atoms with van der Waals surface area (Å²) in [6.07, 6.45) is 4.50. The molecule has 0 unspecified atom stereocenters. The third-order valence-electron chi connectivity index (χ3n) is 7.17. The largest absolute Gasteiger partial charge is 0.465 e. The van der Waals surface area contributed by atoms with E-state index < -0.39 is 0 Å². The van der Waals surface area contributed by atoms with Gasteiger partial charge in [0.05, 0.1) is 21.1 Å². The van der Waals surface area contributed by atoms with Gasteiger partial charge in [0, 0.05) is 26.2 Å². The Labute approximate surface area is 273 Å². The summed E-state index contributed by atoms with van der Waals surface area (Å²) in [5.41, 5.74) is 6.59. The first-order chi connectivity index (χ1) is 20.2. The maximum Gasteiger partial charge on any atom is 0.339 e. The van der Waals surface area contributed by atoms with Crippen molar-refractivity contribution in [2.45, 2.75) is 52.6 Å². The minimum absolute atomic E-state index is 0.352. The highest BCUT2D eigenvalue weighted by molar-refractivity contribution is 8.11. The number of rotatable bonds is 17. The van der Waals surface area contributed by atoms with Crippen molar-refractivity contribution in [1.82, 2.24) is 9.80 Å². The number of unbranched alkanes of at least 4 members (excludes halogenated alkanes) is 2. The summed E-state index contributed by atoms with van der Waals surface area (Å²) in [4.78, 5) is 17.8. The summed E-state index contributed by atoms with van der Waals surface area (Å²) in [7, 11) is 1.43. The van der Waals surface area contributed by atoms with Gasteiger partial charge in [0.1, 0.15) is 0 Å². The lowest BCUT2D eigenvalue weighted by Gasteiger charge is -2.22. The Balaban J connectivity index is 1.88. The van der Waals surface area contributed by atoms with E-state index in [0.717, 1.165) is 74.1 Å². The van der Waals surface area contributed by atoms with E-state index in [1.54, 1.807) is 0 Å². The van der Waals surface area contributed by atoms with Crippen molar-refractivity contribution < 1.29 is 9.53 Å². The zero-order valence-corrected chi connectivity index (χ0v) is 28.3. The maximum absolute atomic E-state index is 13.2. The summed E-state index contributed by atoms with van der Waals surface area (Å²) in [6, 6.07) is 22.8. The Morgan fingerprint density at radius 2 is 1.12 bits per heavy atom. The van der Waals surface area contributed by atoms with Crippen molar-refractivity contribution in [1.29, 1.82) is 0 Å². The van der Waals surface area contributed by atoms with E-state index in [1.807, 2.05) is 18.2 Å². The number of hydrogen-bond acceptors (Lipinski definition) is 6. The highest BCUT2D eigenvalue weighted by Gasteiger charge is 2.20. The number of benzene rings is 3. The third kappa shape index (κ3) is 10.6. The average Bonchev–Trinajstić information content (AvgIpc) is 2.98. The molecule has 0 fully saturated rings. The molecule has 0 radical (unpaired) electrons. The molecule has 0 aromatic heterocycles. The van der Waals surface area contributed by atoms with Gasteiger partial charge in [-0.25, -0.2) is 4.79 Å². The number of thiocarbonyl (C=S) groups is 2. The van der Waals surface area contributed by atoms with Crippen LogP contribution in [0.25, 0.3) is 22.3 Å². The van der Waals surface area contributed by atoms with Crippen LogP contribution >= 0.6 is 49.7 Å². The van der Waals surface area contributed by atoms with Crippen molar-refractivity contribution in [3.63, 3.8) is 0 Å². The monoisotopic (exact) mass is 638 g/mol. The predicted octanol–water partition coefficient (Wildman–Crippen LogP) is 8.53. The smallest absolute Gasteiger partial charge is 0.339 e. The fourth-order valence-corrected chi connectivity index (χ4v) is 5.79. The summed E-state index contributed by atoms with van der Waals surface area (Å²) in [5.74, 6) is -0.352. The minimum atomic E-state index is -0.352. The molecule has 0 heterocycles. The molecule has 0 bridgehead atoms. The second kappa shape index (κ2) is 17.9. The molecular weight excluding hydrogens is 597 g/mol. The van der Waals surface area contributed by atoms with Crippen LogP contribution in [0.4, 0.5) is 0 Å². The van der Waals surface area contributed by atoms with Crippen LogP contribution in [0.2, 0.25) is 0 Å². The van der Waals surface area contributed by atoms with Crippen molar-refractivity contribution in [2.75, 3.05) is 33.3 Å². The zero-order chi connectivity index (χ0) is 30.5. The quantitative estimate of drug-likeness (QED) is 0.0876. The summed E-state index contributed by atoms with van der Waals surface area (Å²) in [6.45, 7) is 9.31. The molecule has 0 N–H and O–H groups in total. The van der Waals surface area contributed by atoms with Gasteiger partial charge >= 0.3 is 5.97 Å². The Bertz CT molecular complexity index is 1230. The van der Waals surface area contributed by atoms with Crippen LogP contribution in [-0.4, -0.2) is 57.5 Å². The Hall–Kier alpha value is -2.07. The van der Waals surface area contributed by atoms with E-state index in [9.17, 15) is 4.79 Å². The number of hydrogen-bond donors (Lipinski definition) is 2. The minimum Gasteiger partial charge on any atom is -0.465 e. The van der Waals surface area contributed by atoms with Crippen LogP contribution in [0.1, 0.15) is 61.0 Å². The van der Waals surface area contributed by atoms with E-state index >= 15 is 0 Å². The number of methoxy groups -OCH3 is 1. The summed E-state index contributed by atoms with van der Waals surface area (Å²) >= 11 is 19.2. The van der Waals surface area contributed by atoms with E-state index in [4.69, 9.17) is 29.2 Å². The molecule has 8 heteroatoms. The first-order valence-corrected chi connectivity index (χ1v) is 16.2. The number of esters is 1. The molecule has 42 heavy (non-hydrogen) atoms. The van der Waals surface area contributed by atoms with Gasteiger partial charge in [-0.05, 0) is 59.3 Å². The number of nitrogens with zero attached hydrogens (tertiary/aromatic N) is 2. The highest BCUT2D eigenvalue weighted by Crippen LogP contribution is 2.33. The molecule has 0 aliphatic rings. The van der Waals surface area contributed by atoms with Gasteiger partial charge < -0.3 is 4.74 Å². The molecule has 4 nitrogen and oxygen atoms in total. The molecule has 0 aliphatic heterocycles. The molecule has 0 aliphatic carbocycles. The molecular formula is C34H42N2O2S4. The molecule has 3 aromatic carbocycles. The second-order valence-corrected chi connectivity index (χ2v) is 13.2. The van der Waals surface area contributed by atoms with Crippen LogP contribution in [0.5, 0.6) is 0 Å². The Kier molecular flexibility index (Phi) is 14.7. The molecule has 0 spiro atoms. The van der Waals surface area contributed by atoms with Gasteiger partial charge in [0.25, 0.3) is 0 Å². The predicted molar refractivity (Wildman–Crippen MR) is 192 cm³/mol. The van der Waals surface area contributed by atoms with Crippen LogP contribution in [0, 0.1) is 0 Å². The third-order valence-corrected chi connectivity index (χ3v) is 7.71. The van der Waals surface area contributed by atoms with Crippen LogP contribution in [0.15, 0.2) is 66.7 Å². The fourth-order valence-electron chi connectivity index (χ4n) is 5.03. The van der Waals surface area contributed by atoms with E-state index in [2.05, 4.69) is 97.4 Å². The number of carbonyl (C=O) groups is 1. The molecule has 0 saturated carbocycles. The van der Waals surface area contributed by atoms with Gasteiger partial charge in [-0.15, -0.1) is 25.3 Å². The zero-order valence-electron chi connectivity index (χ0n) is 24.8. The normalized spacial score (nSPS) is 11.2. The first-order valence-electron chi connectivity index (χ1n) is 14.5. The molecule has 3 aromatic rings. The highest BCUT2D eigenvalue weighted by atomic mass is 32.1. The van der Waals surface area contributed by atoms with Gasteiger partial charge in [-0.2, -0.15) is 0 Å². The topological polar surface area (TPSA) is 32.8 Å². The number of carbonyl (C=O) groups excluding carboxylic acids is 1. The van der Waals surface area contributed by atoms with Crippen molar-refractivity contribution in [2.24, 2.45) is 0 Å². The van der Waals surface area contributed by atoms with Crippen molar-refractivity contribution in [3.8, 4) is 22.3 Å². The number of ether oxygens (including phenoxy) is 1. The lowest BCUT2D eigenvalue weighted by Crippen LogP contribution is -2.28. The Morgan fingerprint density at radius 3 is 1.45 bits per heavy atom. The SMILES string of the molecule is CCCCN(CC(=S)S)Cc1ccc(-c2cccc(-c3ccc(CN(CCCC)CC(=S)S)cc3)c2C(=O)OC)cc1. The lowest BCUT2D eigenvalue weighted by molar-refractivity contribution is 0.0602. The summed E-state index contributed by atoms with van der Waals surface area (Å²) < 4.78 is 6.67. The second-order valence-electron chi connectivity index (χ2n) is 10.5. The lowest BCUT2D eigenvalue weighted by atomic mass is 9.91. The van der Waals surface area contributed by atoms with Crippen LogP contribution < -0.4 is 0 Å². The van der Waals surface area contributed by atoms with Gasteiger partial charge in [0.2, 0.25) is 0 Å². The Morgan fingerprint density at radius 1 is 0.714 bits per heavy atom. The molecule has 0 atom stereocenters. The maximum atomic E-state index is 13.2. The van der Waals surface area contributed by atoms with E-state index in [0.29, 0.717) is 27.0 Å². The van der Waals surface area contributed by atoms with Crippen LogP contribution in [0.3, 0.4) is 0 Å². The fraction of sp³-hybridized carbons (Fsp3) is 0.382. The first kappa shape index (κ1) is 34.4. The van der Waals surface area contributed by atoms with E-state index in [-0.39, 0.29) is 5.97 Å². The van der Waals surface area contributed by atoms with Crippen molar-refractivity contribution >= 4 is 64.1 Å².